The zero-order valence-corrected chi connectivity index (χ0v) is 22.9. The van der Waals surface area contributed by atoms with Crippen LogP contribution in [0.15, 0.2) is 41.6 Å². The summed E-state index contributed by atoms with van der Waals surface area (Å²) in [5.41, 5.74) is 8.80. The number of nitrogens with zero attached hydrogens (tertiary/aromatic N) is 4. The van der Waals surface area contributed by atoms with E-state index in [2.05, 4.69) is 45.1 Å². The zero-order chi connectivity index (χ0) is 27.8. The number of amidine groups is 1. The third-order valence-corrected chi connectivity index (χ3v) is 7.15. The van der Waals surface area contributed by atoms with E-state index in [1.807, 2.05) is 23.3 Å². The lowest BCUT2D eigenvalue weighted by Gasteiger charge is -2.20. The second-order valence-corrected chi connectivity index (χ2v) is 9.92. The minimum absolute atomic E-state index is 0.153. The number of carbonyl (C=O) groups is 2. The minimum atomic E-state index is -0.336. The number of hydrazine groups is 2. The fourth-order valence-electron chi connectivity index (χ4n) is 4.82. The molecule has 1 fully saturated rings. The predicted molar refractivity (Wildman–Crippen MR) is 147 cm³/mol. The van der Waals surface area contributed by atoms with Crippen molar-refractivity contribution in [2.24, 2.45) is 11.0 Å². The molecule has 1 aromatic carbocycles. The van der Waals surface area contributed by atoms with Gasteiger partial charge in [-0.25, -0.2) is 9.93 Å². The average Bonchev–Trinajstić information content (AvgIpc) is 3.55. The van der Waals surface area contributed by atoms with Crippen molar-refractivity contribution in [2.45, 2.75) is 52.6 Å². The molecule has 39 heavy (non-hydrogen) atoms. The third kappa shape index (κ3) is 7.73. The Morgan fingerprint density at radius 1 is 1.26 bits per heavy atom. The van der Waals surface area contributed by atoms with Gasteiger partial charge in [-0.2, -0.15) is 0 Å². The highest BCUT2D eigenvalue weighted by molar-refractivity contribution is 5.97. The van der Waals surface area contributed by atoms with Crippen LogP contribution in [0.1, 0.15) is 51.3 Å². The molecule has 1 unspecified atom stereocenters. The number of aromatic nitrogens is 1. The topological polar surface area (TPSA) is 111 Å². The summed E-state index contributed by atoms with van der Waals surface area (Å²) < 4.78 is 20.4. The summed E-state index contributed by atoms with van der Waals surface area (Å²) in [6, 6.07) is 8.79. The van der Waals surface area contributed by atoms with E-state index in [9.17, 15) is 9.59 Å². The van der Waals surface area contributed by atoms with Crippen molar-refractivity contribution in [2.75, 3.05) is 32.7 Å². The maximum atomic E-state index is 15.0. The lowest BCUT2D eigenvalue weighted by Crippen LogP contribution is -2.43. The van der Waals surface area contributed by atoms with E-state index in [4.69, 9.17) is 4.74 Å². The number of hydrogen-bond acceptors (Lipinski definition) is 9. The van der Waals surface area contributed by atoms with E-state index in [0.29, 0.717) is 48.5 Å². The Labute approximate surface area is 228 Å². The molecule has 0 bridgehead atoms. The van der Waals surface area contributed by atoms with E-state index in [-0.39, 0.29) is 29.7 Å². The van der Waals surface area contributed by atoms with Crippen molar-refractivity contribution >= 4 is 17.7 Å². The number of carbonyl (C=O) groups excluding carboxylic acids is 2. The molecule has 210 valence electrons. The second kappa shape index (κ2) is 13.5. The Kier molecular flexibility index (Phi) is 9.83. The molecule has 1 amide bonds. The summed E-state index contributed by atoms with van der Waals surface area (Å²) >= 11 is 0. The number of benzene rings is 1. The fraction of sp³-hybridized carbons (Fsp3) is 0.500. The number of rotatable bonds is 13. The van der Waals surface area contributed by atoms with Gasteiger partial charge in [-0.05, 0) is 63.0 Å². The molecule has 4 rings (SSSR count). The van der Waals surface area contributed by atoms with Crippen molar-refractivity contribution in [3.8, 4) is 11.1 Å². The Hall–Kier alpha value is -3.57. The Bertz CT molecular complexity index is 1170. The Balaban J connectivity index is 1.27. The minimum Gasteiger partial charge on any atom is -0.460 e. The van der Waals surface area contributed by atoms with Crippen LogP contribution in [0.25, 0.3) is 11.1 Å². The van der Waals surface area contributed by atoms with Gasteiger partial charge in [0, 0.05) is 30.8 Å². The lowest BCUT2D eigenvalue weighted by atomic mass is 9.95. The average molecular weight is 540 g/mol. The van der Waals surface area contributed by atoms with Crippen LogP contribution >= 0.6 is 0 Å². The molecular weight excluding hydrogens is 501 g/mol. The standard InChI is InChI=1S/C28H38FN7O3/c1-4-35(5-2)13-6-14-36-33-27(32-34-36)26-12-10-22(17-31-26)24-11-8-20(15-25(24)29)7-9-21-16-23(39-28(21)38)18-30-19(3)37/h8,10-12,15,17,21,23,34H,4-7,9,13-14,16,18H2,1-3H3,(H,30,37)(H,32,33)/t21-,23?/m1/s1. The SMILES string of the molecule is CCN(CC)CCCN1NN=C(c2ccc(-c3ccc(CC[C@@H]4CC(CNC(C)=O)OC4=O)cc3F)cn2)N1. The molecule has 0 saturated carbocycles. The van der Waals surface area contributed by atoms with Crippen LogP contribution in [0.5, 0.6) is 0 Å². The summed E-state index contributed by atoms with van der Waals surface area (Å²) in [4.78, 5) is 30.1. The van der Waals surface area contributed by atoms with Gasteiger partial charge in [0.25, 0.3) is 0 Å². The summed E-state index contributed by atoms with van der Waals surface area (Å²) in [6.45, 7) is 9.97. The highest BCUT2D eigenvalue weighted by atomic mass is 19.1. The molecule has 0 spiro atoms. The number of cyclic esters (lactones) is 1. The number of esters is 1. The highest BCUT2D eigenvalue weighted by Gasteiger charge is 2.34. The van der Waals surface area contributed by atoms with Crippen molar-refractivity contribution in [1.82, 2.24) is 31.3 Å². The van der Waals surface area contributed by atoms with Crippen LogP contribution in [0, 0.1) is 11.7 Å². The normalized spacial score (nSPS) is 19.0. The van der Waals surface area contributed by atoms with E-state index < -0.39 is 0 Å². The summed E-state index contributed by atoms with van der Waals surface area (Å²) in [5, 5.41) is 8.83. The van der Waals surface area contributed by atoms with Crippen LogP contribution in [0.4, 0.5) is 4.39 Å². The zero-order valence-electron chi connectivity index (χ0n) is 22.9. The quantitative estimate of drug-likeness (QED) is 0.333. The van der Waals surface area contributed by atoms with E-state index in [0.717, 1.165) is 38.2 Å². The molecule has 2 aromatic rings. The van der Waals surface area contributed by atoms with Gasteiger partial charge in [-0.3, -0.25) is 20.0 Å². The molecule has 1 aromatic heterocycles. The molecule has 2 atom stereocenters. The highest BCUT2D eigenvalue weighted by Crippen LogP contribution is 2.28. The van der Waals surface area contributed by atoms with Gasteiger partial charge in [0.15, 0.2) is 5.84 Å². The second-order valence-electron chi connectivity index (χ2n) is 9.92. The van der Waals surface area contributed by atoms with Gasteiger partial charge in [0.05, 0.1) is 12.5 Å². The van der Waals surface area contributed by atoms with Crippen LogP contribution in [-0.2, 0) is 20.7 Å². The summed E-state index contributed by atoms with van der Waals surface area (Å²) in [7, 11) is 0. The number of aryl methyl sites for hydroxylation is 1. The number of nitrogens with one attached hydrogen (secondary N) is 3. The molecule has 11 heteroatoms. The van der Waals surface area contributed by atoms with Crippen molar-refractivity contribution < 1.29 is 18.7 Å². The van der Waals surface area contributed by atoms with Gasteiger partial charge in [-0.15, -0.1) is 10.2 Å². The van der Waals surface area contributed by atoms with Gasteiger partial charge >= 0.3 is 5.97 Å². The van der Waals surface area contributed by atoms with Gasteiger partial charge in [-0.1, -0.05) is 32.0 Å². The monoisotopic (exact) mass is 539 g/mol. The van der Waals surface area contributed by atoms with E-state index >= 15 is 4.39 Å². The number of ether oxygens (including phenoxy) is 1. The Morgan fingerprint density at radius 2 is 2.08 bits per heavy atom. The van der Waals surface area contributed by atoms with Crippen LogP contribution in [0.2, 0.25) is 0 Å². The largest absolute Gasteiger partial charge is 0.460 e. The molecule has 3 N–H and O–H groups in total. The number of amides is 1. The molecule has 2 aliphatic heterocycles. The predicted octanol–water partition coefficient (Wildman–Crippen LogP) is 2.61. The van der Waals surface area contributed by atoms with Crippen LogP contribution < -0.4 is 16.3 Å². The van der Waals surface area contributed by atoms with Crippen molar-refractivity contribution in [3.63, 3.8) is 0 Å². The number of pyridine rings is 1. The van der Waals surface area contributed by atoms with Gasteiger partial charge in [0.1, 0.15) is 17.6 Å². The van der Waals surface area contributed by atoms with Crippen LogP contribution in [0.3, 0.4) is 0 Å². The molecule has 0 radical (unpaired) electrons. The van der Waals surface area contributed by atoms with Crippen molar-refractivity contribution in [3.05, 3.63) is 53.6 Å². The first-order valence-corrected chi connectivity index (χ1v) is 13.7. The molecule has 3 heterocycles. The van der Waals surface area contributed by atoms with E-state index in [1.54, 1.807) is 12.3 Å². The fourth-order valence-corrected chi connectivity index (χ4v) is 4.82. The molecule has 1 saturated heterocycles. The van der Waals surface area contributed by atoms with Gasteiger partial charge < -0.3 is 15.0 Å². The third-order valence-electron chi connectivity index (χ3n) is 7.15. The number of hydrazone groups is 1. The molecular formula is C28H38FN7O3. The first-order chi connectivity index (χ1) is 18.9. The molecule has 2 aliphatic rings. The first kappa shape index (κ1) is 28.4. The van der Waals surface area contributed by atoms with E-state index in [1.165, 1.54) is 13.0 Å². The summed E-state index contributed by atoms with van der Waals surface area (Å²) in [6.07, 6.45) is 4.02. The maximum absolute atomic E-state index is 15.0. The number of hydrogen-bond donors (Lipinski definition) is 3. The Morgan fingerprint density at radius 3 is 2.77 bits per heavy atom. The van der Waals surface area contributed by atoms with Crippen LogP contribution in [-0.4, -0.2) is 71.5 Å². The summed E-state index contributed by atoms with van der Waals surface area (Å²) in [5.74, 6) is -0.377. The molecule has 10 nitrogen and oxygen atoms in total. The molecule has 0 aliphatic carbocycles. The first-order valence-electron chi connectivity index (χ1n) is 13.7. The number of halogens is 1. The lowest BCUT2D eigenvalue weighted by molar-refractivity contribution is -0.144. The maximum Gasteiger partial charge on any atom is 0.309 e. The van der Waals surface area contributed by atoms with Crippen molar-refractivity contribution in [1.29, 1.82) is 0 Å². The smallest absolute Gasteiger partial charge is 0.309 e. The van der Waals surface area contributed by atoms with Gasteiger partial charge in [0.2, 0.25) is 5.91 Å².